The second-order valence-corrected chi connectivity index (χ2v) is 7.22. The lowest BCUT2D eigenvalue weighted by molar-refractivity contribution is -0.139. The molecule has 0 fully saturated rings. The van der Waals surface area contributed by atoms with Crippen molar-refractivity contribution in [2.24, 2.45) is 0 Å². The molecule has 2 aromatic rings. The lowest BCUT2D eigenvalue weighted by Gasteiger charge is -2.22. The molecule has 6 nitrogen and oxygen atoms in total. The van der Waals surface area contributed by atoms with E-state index in [1.54, 1.807) is 33.0 Å². The van der Waals surface area contributed by atoms with E-state index in [1.807, 2.05) is 0 Å². The first-order chi connectivity index (χ1) is 11.1. The third kappa shape index (κ3) is 4.47. The highest BCUT2D eigenvalue weighted by Crippen LogP contribution is 2.26. The largest absolute Gasteiger partial charge is 0.480 e. The molecule has 2 rings (SSSR count). The first kappa shape index (κ1) is 18.3. The summed E-state index contributed by atoms with van der Waals surface area (Å²) in [7, 11) is 0. The number of H-pyrrole nitrogens is 1. The lowest BCUT2D eigenvalue weighted by atomic mass is 10.1. The number of fused-ring (bicyclic) bond motifs is 1. The van der Waals surface area contributed by atoms with E-state index in [2.05, 4.69) is 26.2 Å². The number of halogens is 2. The van der Waals surface area contributed by atoms with Crippen molar-refractivity contribution in [3.63, 3.8) is 0 Å². The maximum absolute atomic E-state index is 13.7. The second kappa shape index (κ2) is 6.80. The van der Waals surface area contributed by atoms with E-state index in [-0.39, 0.29) is 6.42 Å². The molecule has 0 saturated heterocycles. The van der Waals surface area contributed by atoms with Crippen LogP contribution < -0.4 is 5.32 Å². The van der Waals surface area contributed by atoms with E-state index >= 15 is 0 Å². The normalized spacial score (nSPS) is 12.9. The van der Waals surface area contributed by atoms with Crippen LogP contribution in [-0.2, 0) is 16.0 Å². The number of alkyl carbamates (subject to hydrolysis) is 1. The van der Waals surface area contributed by atoms with E-state index in [4.69, 9.17) is 4.74 Å². The number of benzene rings is 1. The van der Waals surface area contributed by atoms with E-state index in [9.17, 15) is 19.1 Å². The molecular weight excluding hydrogens is 383 g/mol. The van der Waals surface area contributed by atoms with E-state index in [1.165, 1.54) is 6.07 Å². The summed E-state index contributed by atoms with van der Waals surface area (Å²) in [5.41, 5.74) is 0.517. The van der Waals surface area contributed by atoms with Gasteiger partial charge in [0.25, 0.3) is 0 Å². The summed E-state index contributed by atoms with van der Waals surface area (Å²) in [6, 6.07) is 1.70. The van der Waals surface area contributed by atoms with Crippen LogP contribution >= 0.6 is 15.9 Å². The quantitative estimate of drug-likeness (QED) is 0.730. The predicted molar refractivity (Wildman–Crippen MR) is 90.5 cm³/mol. The van der Waals surface area contributed by atoms with E-state index in [0.717, 1.165) is 0 Å². The Kier molecular flexibility index (Phi) is 5.17. The summed E-state index contributed by atoms with van der Waals surface area (Å²) in [6.45, 7) is 5.05. The fourth-order valence-electron chi connectivity index (χ4n) is 2.21. The van der Waals surface area contributed by atoms with Crippen LogP contribution in [0, 0.1) is 5.82 Å². The number of hydrogen-bond donors (Lipinski definition) is 3. The van der Waals surface area contributed by atoms with Gasteiger partial charge in [-0.05, 0) is 54.4 Å². The number of aliphatic carboxylic acids is 1. The molecule has 1 aromatic carbocycles. The van der Waals surface area contributed by atoms with Crippen molar-refractivity contribution in [3.8, 4) is 0 Å². The zero-order chi connectivity index (χ0) is 18.1. The first-order valence-electron chi connectivity index (χ1n) is 7.24. The minimum Gasteiger partial charge on any atom is -0.480 e. The number of ether oxygens (including phenoxy) is 1. The molecule has 0 aliphatic heterocycles. The van der Waals surface area contributed by atoms with Gasteiger partial charge in [-0.3, -0.25) is 0 Å². The lowest BCUT2D eigenvalue weighted by Crippen LogP contribution is -2.44. The molecule has 1 amide bonds. The van der Waals surface area contributed by atoms with Crippen LogP contribution in [0.25, 0.3) is 10.9 Å². The Morgan fingerprint density at radius 3 is 2.67 bits per heavy atom. The van der Waals surface area contributed by atoms with Gasteiger partial charge in [0.05, 0.1) is 4.47 Å². The number of rotatable bonds is 4. The highest BCUT2D eigenvalue weighted by molar-refractivity contribution is 9.10. The van der Waals surface area contributed by atoms with Gasteiger partial charge in [0.15, 0.2) is 0 Å². The van der Waals surface area contributed by atoms with Crippen molar-refractivity contribution in [2.75, 3.05) is 0 Å². The Balaban J connectivity index is 2.21. The van der Waals surface area contributed by atoms with Gasteiger partial charge in [-0.1, -0.05) is 0 Å². The van der Waals surface area contributed by atoms with E-state index in [0.29, 0.717) is 20.9 Å². The highest BCUT2D eigenvalue weighted by Gasteiger charge is 2.25. The highest BCUT2D eigenvalue weighted by atomic mass is 79.9. The second-order valence-electron chi connectivity index (χ2n) is 6.37. The summed E-state index contributed by atoms with van der Waals surface area (Å²) < 4.78 is 19.1. The number of aromatic nitrogens is 1. The summed E-state index contributed by atoms with van der Waals surface area (Å²) >= 11 is 3.10. The van der Waals surface area contributed by atoms with Crippen LogP contribution in [-0.4, -0.2) is 33.8 Å². The summed E-state index contributed by atoms with van der Waals surface area (Å²) in [5, 5.41) is 12.2. The van der Waals surface area contributed by atoms with Gasteiger partial charge >= 0.3 is 12.1 Å². The SMILES string of the molecule is CC(C)(C)OC(=O)NC(Cc1c[nH]c2cc(Br)c(F)cc12)C(=O)O. The number of carbonyl (C=O) groups is 2. The fraction of sp³-hybridized carbons (Fsp3) is 0.375. The monoisotopic (exact) mass is 400 g/mol. The van der Waals surface area contributed by atoms with Crippen LogP contribution in [0.5, 0.6) is 0 Å². The molecule has 8 heteroatoms. The Morgan fingerprint density at radius 1 is 1.42 bits per heavy atom. The number of amides is 1. The zero-order valence-electron chi connectivity index (χ0n) is 13.4. The van der Waals surface area contributed by atoms with Crippen LogP contribution in [0.15, 0.2) is 22.8 Å². The van der Waals surface area contributed by atoms with Crippen LogP contribution in [0.3, 0.4) is 0 Å². The van der Waals surface area contributed by atoms with Gasteiger partial charge in [0.2, 0.25) is 0 Å². The van der Waals surface area contributed by atoms with Crippen LogP contribution in [0.2, 0.25) is 0 Å². The first-order valence-corrected chi connectivity index (χ1v) is 8.03. The Hall–Kier alpha value is -2.09. The van der Waals surface area contributed by atoms with E-state index < -0.39 is 29.5 Å². The fourth-order valence-corrected chi connectivity index (χ4v) is 2.56. The number of nitrogens with one attached hydrogen (secondary N) is 2. The van der Waals surface area contributed by atoms with Gasteiger partial charge < -0.3 is 20.1 Å². The predicted octanol–water partition coefficient (Wildman–Crippen LogP) is 3.59. The molecular formula is C16H18BrFN2O4. The molecule has 1 unspecified atom stereocenters. The summed E-state index contributed by atoms with van der Waals surface area (Å²) in [4.78, 5) is 26.2. The molecule has 0 aliphatic rings. The Morgan fingerprint density at radius 2 is 2.08 bits per heavy atom. The zero-order valence-corrected chi connectivity index (χ0v) is 15.0. The maximum Gasteiger partial charge on any atom is 0.408 e. The maximum atomic E-state index is 13.7. The topological polar surface area (TPSA) is 91.4 Å². The van der Waals surface area contributed by atoms with Crippen LogP contribution in [0.4, 0.5) is 9.18 Å². The molecule has 0 radical (unpaired) electrons. The molecule has 1 atom stereocenters. The van der Waals surface area contributed by atoms with Crippen LogP contribution in [0.1, 0.15) is 26.3 Å². The number of hydrogen-bond acceptors (Lipinski definition) is 3. The van der Waals surface area contributed by atoms with Crippen molar-refractivity contribution in [1.82, 2.24) is 10.3 Å². The van der Waals surface area contributed by atoms with Gasteiger partial charge in [-0.15, -0.1) is 0 Å². The smallest absolute Gasteiger partial charge is 0.408 e. The van der Waals surface area contributed by atoms with Gasteiger partial charge in [0.1, 0.15) is 17.5 Å². The van der Waals surface area contributed by atoms with Crippen molar-refractivity contribution >= 4 is 38.9 Å². The molecule has 3 N–H and O–H groups in total. The number of carboxylic acids is 1. The molecule has 24 heavy (non-hydrogen) atoms. The average Bonchev–Trinajstić information content (AvgIpc) is 2.79. The molecule has 1 heterocycles. The third-order valence-electron chi connectivity index (χ3n) is 3.22. The molecule has 0 saturated carbocycles. The molecule has 130 valence electrons. The van der Waals surface area contributed by atoms with Gasteiger partial charge in [0, 0.05) is 23.5 Å². The number of carbonyl (C=O) groups excluding carboxylic acids is 1. The molecule has 1 aromatic heterocycles. The van der Waals surface area contributed by atoms with Crippen molar-refractivity contribution in [1.29, 1.82) is 0 Å². The minimum atomic E-state index is -1.20. The van der Waals surface area contributed by atoms with Crippen molar-refractivity contribution in [2.45, 2.75) is 38.8 Å². The number of aromatic amines is 1. The van der Waals surface area contributed by atoms with Crippen molar-refractivity contribution in [3.05, 3.63) is 34.2 Å². The average molecular weight is 401 g/mol. The van der Waals surface area contributed by atoms with Gasteiger partial charge in [-0.2, -0.15) is 0 Å². The number of carboxylic acid groups (broad SMARTS) is 1. The summed E-state index contributed by atoms with van der Waals surface area (Å²) in [6.07, 6.45) is 0.780. The standard InChI is InChI=1S/C16H18BrFN2O4/c1-16(2,3)24-15(23)20-13(14(21)22)4-8-7-19-12-6-10(17)11(18)5-9(8)12/h5-7,13,19H,4H2,1-3H3,(H,20,23)(H,21,22). The third-order valence-corrected chi connectivity index (χ3v) is 3.83. The summed E-state index contributed by atoms with van der Waals surface area (Å²) in [5.74, 6) is -1.65. The Bertz CT molecular complexity index is 782. The Labute approximate surface area is 146 Å². The molecule has 0 aliphatic carbocycles. The van der Waals surface area contributed by atoms with Gasteiger partial charge in [-0.25, -0.2) is 14.0 Å². The molecule has 0 spiro atoms. The minimum absolute atomic E-state index is 0.00432. The van der Waals surface area contributed by atoms with Crippen molar-refractivity contribution < 1.29 is 23.8 Å². The molecule has 0 bridgehead atoms.